The van der Waals surface area contributed by atoms with Gasteiger partial charge in [0.25, 0.3) is 5.91 Å². The van der Waals surface area contributed by atoms with Gasteiger partial charge in [0.15, 0.2) is 0 Å². The monoisotopic (exact) mass is 422 g/mol. The van der Waals surface area contributed by atoms with Crippen molar-refractivity contribution in [2.24, 2.45) is 11.3 Å². The van der Waals surface area contributed by atoms with Crippen LogP contribution in [0.1, 0.15) is 46.0 Å². The van der Waals surface area contributed by atoms with Crippen LogP contribution in [0.4, 0.5) is 14.9 Å². The smallest absolute Gasteiger partial charge is 0.319 e. The Balaban J connectivity index is 1.88. The van der Waals surface area contributed by atoms with Gasteiger partial charge >= 0.3 is 6.03 Å². The zero-order valence-electron chi connectivity index (χ0n) is 17.5. The number of urea groups is 1. The second kappa shape index (κ2) is 10.9. The lowest BCUT2D eigenvalue weighted by Gasteiger charge is -2.30. The minimum absolute atomic E-state index is 0.124. The van der Waals surface area contributed by atoms with Crippen molar-refractivity contribution < 1.29 is 24.0 Å². The van der Waals surface area contributed by atoms with E-state index in [2.05, 4.69) is 10.6 Å². The molecule has 0 saturated heterocycles. The Morgan fingerprint density at radius 3 is 2.57 bits per heavy atom. The highest BCUT2D eigenvalue weighted by Gasteiger charge is 2.29. The van der Waals surface area contributed by atoms with Crippen molar-refractivity contribution in [2.45, 2.75) is 46.0 Å². The zero-order chi connectivity index (χ0) is 22.1. The van der Waals surface area contributed by atoms with Crippen LogP contribution in [0.3, 0.4) is 0 Å². The second-order valence-corrected chi connectivity index (χ2v) is 8.62. The molecule has 1 aromatic carbocycles. The summed E-state index contributed by atoms with van der Waals surface area (Å²) in [7, 11) is 0. The van der Waals surface area contributed by atoms with Crippen molar-refractivity contribution in [1.29, 1.82) is 0 Å². The summed E-state index contributed by atoms with van der Waals surface area (Å²) in [5, 5.41) is 14.1. The van der Waals surface area contributed by atoms with Crippen LogP contribution in [-0.4, -0.2) is 47.6 Å². The first-order valence-electron chi connectivity index (χ1n) is 10.2. The third-order valence-corrected chi connectivity index (χ3v) is 5.20. The normalized spacial score (nSPS) is 14.3. The van der Waals surface area contributed by atoms with Crippen LogP contribution in [-0.2, 0) is 9.59 Å². The van der Waals surface area contributed by atoms with E-state index in [1.807, 2.05) is 13.8 Å². The largest absolute Gasteiger partial charge is 0.337 e. The van der Waals surface area contributed by atoms with E-state index < -0.39 is 23.2 Å². The van der Waals surface area contributed by atoms with E-state index >= 15 is 0 Å². The lowest BCUT2D eigenvalue weighted by Crippen LogP contribution is -2.45. The van der Waals surface area contributed by atoms with E-state index in [1.54, 1.807) is 11.5 Å². The number of hydrogen-bond acceptors (Lipinski definition) is 4. The summed E-state index contributed by atoms with van der Waals surface area (Å²) in [5.74, 6) is -0.929. The Morgan fingerprint density at radius 2 is 1.93 bits per heavy atom. The zero-order valence-corrected chi connectivity index (χ0v) is 17.5. The average Bonchev–Trinajstić information content (AvgIpc) is 3.18. The molecule has 0 aliphatic heterocycles. The van der Waals surface area contributed by atoms with Crippen molar-refractivity contribution in [1.82, 2.24) is 15.7 Å². The maximum absolute atomic E-state index is 13.2. The molecule has 1 aliphatic rings. The maximum Gasteiger partial charge on any atom is 0.319 e. The molecule has 8 nitrogen and oxygen atoms in total. The highest BCUT2D eigenvalue weighted by atomic mass is 19.1. The molecule has 30 heavy (non-hydrogen) atoms. The Morgan fingerprint density at radius 1 is 1.23 bits per heavy atom. The highest BCUT2D eigenvalue weighted by Crippen LogP contribution is 2.27. The molecule has 0 unspecified atom stereocenters. The number of amides is 4. The first-order chi connectivity index (χ1) is 14.2. The number of carbonyl (C=O) groups excluding carboxylic acids is 3. The van der Waals surface area contributed by atoms with Crippen molar-refractivity contribution in [3.8, 4) is 0 Å². The Bertz CT molecular complexity index is 750. The quantitative estimate of drug-likeness (QED) is 0.362. The van der Waals surface area contributed by atoms with E-state index in [4.69, 9.17) is 5.21 Å². The van der Waals surface area contributed by atoms with Gasteiger partial charge in [0, 0.05) is 25.2 Å². The van der Waals surface area contributed by atoms with Gasteiger partial charge in [0.2, 0.25) is 5.91 Å². The molecule has 4 N–H and O–H groups in total. The van der Waals surface area contributed by atoms with Gasteiger partial charge in [-0.15, -0.1) is 0 Å². The fourth-order valence-electron chi connectivity index (χ4n) is 3.61. The number of nitrogens with one attached hydrogen (secondary N) is 3. The molecule has 0 radical (unpaired) electrons. The lowest BCUT2D eigenvalue weighted by molar-refractivity contribution is -0.141. The molecule has 0 aromatic heterocycles. The van der Waals surface area contributed by atoms with E-state index in [1.165, 1.54) is 23.1 Å². The van der Waals surface area contributed by atoms with Crippen molar-refractivity contribution >= 4 is 23.5 Å². The minimum atomic E-state index is -0.633. The van der Waals surface area contributed by atoms with Gasteiger partial charge in [-0.05, 0) is 42.4 Å². The summed E-state index contributed by atoms with van der Waals surface area (Å²) >= 11 is 0. The molecule has 0 heterocycles. The summed E-state index contributed by atoms with van der Waals surface area (Å²) in [5.41, 5.74) is 1.34. The van der Waals surface area contributed by atoms with Crippen LogP contribution >= 0.6 is 0 Å². The predicted octanol–water partition coefficient (Wildman–Crippen LogP) is 2.89. The SMILES string of the molecule is CC(C)(CNC(=O)Nc1cccc(F)c1)CC(=O)N(CC(=O)NO)CC1CCCC1. The molecule has 1 saturated carbocycles. The number of halogens is 1. The number of hydroxylamine groups is 1. The minimum Gasteiger partial charge on any atom is -0.337 e. The average molecular weight is 423 g/mol. The first-order valence-corrected chi connectivity index (χ1v) is 10.2. The molecule has 2 rings (SSSR count). The topological polar surface area (TPSA) is 111 Å². The van der Waals surface area contributed by atoms with Gasteiger partial charge in [0.1, 0.15) is 12.4 Å². The van der Waals surface area contributed by atoms with Gasteiger partial charge < -0.3 is 15.5 Å². The molecule has 1 aliphatic carbocycles. The first kappa shape index (κ1) is 23.6. The van der Waals surface area contributed by atoms with E-state index in [9.17, 15) is 18.8 Å². The number of anilines is 1. The maximum atomic E-state index is 13.2. The van der Waals surface area contributed by atoms with Crippen LogP contribution in [0, 0.1) is 17.2 Å². The number of carbonyl (C=O) groups is 3. The summed E-state index contributed by atoms with van der Waals surface area (Å²) in [6.45, 7) is 4.18. The molecule has 9 heteroatoms. The fourth-order valence-corrected chi connectivity index (χ4v) is 3.61. The van der Waals surface area contributed by atoms with E-state index in [0.717, 1.165) is 25.7 Å². The van der Waals surface area contributed by atoms with Gasteiger partial charge in [-0.25, -0.2) is 14.7 Å². The Hall–Kier alpha value is -2.68. The van der Waals surface area contributed by atoms with Crippen molar-refractivity contribution in [3.63, 3.8) is 0 Å². The van der Waals surface area contributed by atoms with E-state index in [0.29, 0.717) is 18.2 Å². The number of benzene rings is 1. The number of nitrogens with zero attached hydrogens (tertiary/aromatic N) is 1. The number of hydrogen-bond donors (Lipinski definition) is 4. The van der Waals surface area contributed by atoms with Gasteiger partial charge in [-0.2, -0.15) is 0 Å². The summed E-state index contributed by atoms with van der Waals surface area (Å²) in [4.78, 5) is 38.1. The van der Waals surface area contributed by atoms with Crippen LogP contribution in [0.15, 0.2) is 24.3 Å². The Labute approximate surface area is 176 Å². The van der Waals surface area contributed by atoms with Gasteiger partial charge in [-0.3, -0.25) is 14.8 Å². The van der Waals surface area contributed by atoms with Gasteiger partial charge in [-0.1, -0.05) is 32.8 Å². The molecule has 1 aromatic rings. The molecule has 1 fully saturated rings. The Kier molecular flexibility index (Phi) is 8.58. The van der Waals surface area contributed by atoms with Gasteiger partial charge in [0.05, 0.1) is 0 Å². The van der Waals surface area contributed by atoms with Crippen molar-refractivity contribution in [2.75, 3.05) is 25.0 Å². The summed E-state index contributed by atoms with van der Waals surface area (Å²) < 4.78 is 13.2. The molecule has 4 amide bonds. The molecule has 0 atom stereocenters. The molecular formula is C21H31FN4O4. The third kappa shape index (κ3) is 7.98. The highest BCUT2D eigenvalue weighted by molar-refractivity contribution is 5.89. The fraction of sp³-hybridized carbons (Fsp3) is 0.571. The molecule has 166 valence electrons. The van der Waals surface area contributed by atoms with Crippen LogP contribution in [0.2, 0.25) is 0 Å². The third-order valence-electron chi connectivity index (χ3n) is 5.20. The number of rotatable bonds is 9. The van der Waals surface area contributed by atoms with Crippen molar-refractivity contribution in [3.05, 3.63) is 30.1 Å². The van der Waals surface area contributed by atoms with Crippen LogP contribution in [0.5, 0.6) is 0 Å². The van der Waals surface area contributed by atoms with E-state index in [-0.39, 0.29) is 25.4 Å². The molecule has 0 bridgehead atoms. The predicted molar refractivity (Wildman–Crippen MR) is 110 cm³/mol. The van der Waals surface area contributed by atoms with Crippen LogP contribution < -0.4 is 16.1 Å². The molecule has 0 spiro atoms. The van der Waals surface area contributed by atoms with Crippen LogP contribution in [0.25, 0.3) is 0 Å². The second-order valence-electron chi connectivity index (χ2n) is 8.62. The summed E-state index contributed by atoms with van der Waals surface area (Å²) in [6, 6.07) is 5.07. The molecular weight excluding hydrogens is 391 g/mol. The standard InChI is InChI=1S/C21H31FN4O4/c1-21(2,14-23-20(29)24-17-9-5-8-16(22)10-17)11-19(28)26(13-18(27)25-30)12-15-6-3-4-7-15/h5,8-10,15,30H,3-4,6-7,11-14H2,1-2H3,(H,25,27)(H2,23,24,29). The summed E-state index contributed by atoms with van der Waals surface area (Å²) in [6.07, 6.45) is 4.41. The lowest BCUT2D eigenvalue weighted by atomic mass is 9.88.